The van der Waals surface area contributed by atoms with Gasteiger partial charge in [-0.3, -0.25) is 9.89 Å². The molecule has 0 bridgehead atoms. The van der Waals surface area contributed by atoms with Gasteiger partial charge in [-0.1, -0.05) is 44.2 Å². The van der Waals surface area contributed by atoms with Crippen LogP contribution < -0.4 is 0 Å². The summed E-state index contributed by atoms with van der Waals surface area (Å²) < 4.78 is 1.93. The van der Waals surface area contributed by atoms with E-state index in [0.29, 0.717) is 24.6 Å². The molecule has 3 aromatic rings. The van der Waals surface area contributed by atoms with Gasteiger partial charge in [0.2, 0.25) is 0 Å². The first-order valence-corrected chi connectivity index (χ1v) is 8.45. The highest BCUT2D eigenvalue weighted by atomic mass is 16.2. The molecule has 0 saturated heterocycles. The number of hydrogen-bond acceptors (Lipinski definition) is 4. The Hall–Kier alpha value is -2.96. The summed E-state index contributed by atoms with van der Waals surface area (Å²) in [5.74, 6) is 1.72. The van der Waals surface area contributed by atoms with Crippen molar-refractivity contribution in [2.45, 2.75) is 26.4 Å². The van der Waals surface area contributed by atoms with Crippen LogP contribution in [-0.2, 0) is 6.54 Å². The molecule has 4 rings (SSSR count). The average molecular weight is 336 g/mol. The zero-order valence-electron chi connectivity index (χ0n) is 14.3. The zero-order chi connectivity index (χ0) is 17.4. The number of nitrogens with one attached hydrogen (secondary N) is 1. The molecule has 0 radical (unpaired) electrons. The van der Waals surface area contributed by atoms with E-state index in [0.717, 1.165) is 11.4 Å². The maximum atomic E-state index is 12.9. The Morgan fingerprint density at radius 1 is 1.20 bits per heavy atom. The van der Waals surface area contributed by atoms with E-state index in [1.807, 2.05) is 39.9 Å². The summed E-state index contributed by atoms with van der Waals surface area (Å²) >= 11 is 0. The van der Waals surface area contributed by atoms with E-state index in [1.54, 1.807) is 12.3 Å². The number of H-pyrrole nitrogens is 1. The van der Waals surface area contributed by atoms with Crippen molar-refractivity contribution >= 4 is 5.91 Å². The Balaban J connectivity index is 1.72. The van der Waals surface area contributed by atoms with Gasteiger partial charge in [0.25, 0.3) is 5.91 Å². The second-order valence-electron chi connectivity index (χ2n) is 6.54. The van der Waals surface area contributed by atoms with Crippen molar-refractivity contribution in [2.24, 2.45) is 5.92 Å². The van der Waals surface area contributed by atoms with Crippen molar-refractivity contribution in [1.29, 1.82) is 0 Å². The highest BCUT2D eigenvalue weighted by molar-refractivity contribution is 5.92. The molecule has 1 atom stereocenters. The van der Waals surface area contributed by atoms with Crippen LogP contribution in [-0.4, -0.2) is 42.3 Å². The Morgan fingerprint density at radius 3 is 2.68 bits per heavy atom. The van der Waals surface area contributed by atoms with Gasteiger partial charge in [0, 0.05) is 18.3 Å². The third kappa shape index (κ3) is 2.71. The molecule has 0 unspecified atom stereocenters. The lowest BCUT2D eigenvalue weighted by Gasteiger charge is -2.37. The lowest BCUT2D eigenvalue weighted by Crippen LogP contribution is -2.44. The topological polar surface area (TPSA) is 79.7 Å². The van der Waals surface area contributed by atoms with Gasteiger partial charge in [-0.25, -0.2) is 9.67 Å². The van der Waals surface area contributed by atoms with Crippen molar-refractivity contribution in [3.8, 4) is 11.4 Å². The van der Waals surface area contributed by atoms with Crippen LogP contribution in [0, 0.1) is 5.92 Å². The first-order chi connectivity index (χ1) is 12.1. The smallest absolute Gasteiger partial charge is 0.272 e. The number of hydrogen-bond donors (Lipinski definition) is 1. The summed E-state index contributed by atoms with van der Waals surface area (Å²) in [5, 5.41) is 11.3. The van der Waals surface area contributed by atoms with Crippen LogP contribution in [0.1, 0.15) is 36.2 Å². The van der Waals surface area contributed by atoms with Crippen LogP contribution >= 0.6 is 0 Å². The van der Waals surface area contributed by atoms with Crippen LogP contribution in [0.4, 0.5) is 0 Å². The molecule has 1 amide bonds. The molecule has 0 aliphatic carbocycles. The summed E-state index contributed by atoms with van der Waals surface area (Å²) in [4.78, 5) is 19.5. The number of fused-ring (bicyclic) bond motifs is 1. The molecule has 7 nitrogen and oxygen atoms in total. The number of aromatic amines is 1. The van der Waals surface area contributed by atoms with Crippen LogP contribution in [0.3, 0.4) is 0 Å². The fourth-order valence-electron chi connectivity index (χ4n) is 3.34. The Labute approximate surface area is 145 Å². The SMILES string of the molecule is CC(C)[C@H]1c2nc(-c3ccccc3)nn2CCN1C(=O)c1ccn[nH]1. The van der Waals surface area contributed by atoms with Crippen molar-refractivity contribution in [3.63, 3.8) is 0 Å². The molecule has 0 saturated carbocycles. The monoisotopic (exact) mass is 336 g/mol. The third-order valence-electron chi connectivity index (χ3n) is 4.51. The van der Waals surface area contributed by atoms with E-state index in [4.69, 9.17) is 4.98 Å². The van der Waals surface area contributed by atoms with Crippen molar-refractivity contribution in [2.75, 3.05) is 6.54 Å². The number of carbonyl (C=O) groups excluding carboxylic acids is 1. The fourth-order valence-corrected chi connectivity index (χ4v) is 3.34. The Bertz CT molecular complexity index is 868. The van der Waals surface area contributed by atoms with E-state index in [9.17, 15) is 4.79 Å². The number of rotatable bonds is 3. The molecular weight excluding hydrogens is 316 g/mol. The third-order valence-corrected chi connectivity index (χ3v) is 4.51. The molecular formula is C18H20N6O. The average Bonchev–Trinajstić information content (AvgIpc) is 3.30. The van der Waals surface area contributed by atoms with E-state index in [-0.39, 0.29) is 17.9 Å². The lowest BCUT2D eigenvalue weighted by molar-refractivity contribution is 0.0531. The van der Waals surface area contributed by atoms with Crippen LogP contribution in [0.5, 0.6) is 0 Å². The number of aromatic nitrogens is 5. The molecule has 2 aromatic heterocycles. The normalized spacial score (nSPS) is 16.9. The predicted molar refractivity (Wildman–Crippen MR) is 92.7 cm³/mol. The minimum absolute atomic E-state index is 0.0493. The quantitative estimate of drug-likeness (QED) is 0.797. The zero-order valence-corrected chi connectivity index (χ0v) is 14.3. The summed E-state index contributed by atoms with van der Waals surface area (Å²) in [5.41, 5.74) is 1.49. The van der Waals surface area contributed by atoms with Gasteiger partial charge < -0.3 is 4.90 Å². The van der Waals surface area contributed by atoms with Crippen molar-refractivity contribution in [3.05, 3.63) is 54.1 Å². The van der Waals surface area contributed by atoms with Gasteiger partial charge in [-0.05, 0) is 12.0 Å². The van der Waals surface area contributed by atoms with E-state index < -0.39 is 0 Å². The van der Waals surface area contributed by atoms with Gasteiger partial charge in [0.05, 0.1) is 12.6 Å². The Morgan fingerprint density at radius 2 is 2.00 bits per heavy atom. The second kappa shape index (κ2) is 6.16. The maximum Gasteiger partial charge on any atom is 0.272 e. The number of amides is 1. The highest BCUT2D eigenvalue weighted by Gasteiger charge is 2.36. The molecule has 3 heterocycles. The lowest BCUT2D eigenvalue weighted by atomic mass is 9.99. The molecule has 1 aliphatic rings. The second-order valence-corrected chi connectivity index (χ2v) is 6.54. The number of benzene rings is 1. The number of carbonyl (C=O) groups is 1. The largest absolute Gasteiger partial charge is 0.325 e. The summed E-state index contributed by atoms with van der Waals surface area (Å²) in [6.07, 6.45) is 1.59. The van der Waals surface area contributed by atoms with Crippen molar-refractivity contribution < 1.29 is 4.79 Å². The molecule has 0 spiro atoms. The van der Waals surface area contributed by atoms with Gasteiger partial charge >= 0.3 is 0 Å². The van der Waals surface area contributed by atoms with Gasteiger partial charge in [-0.15, -0.1) is 0 Å². The molecule has 7 heteroatoms. The predicted octanol–water partition coefficient (Wildman–Crippen LogP) is 2.52. The van der Waals surface area contributed by atoms with E-state index >= 15 is 0 Å². The first-order valence-electron chi connectivity index (χ1n) is 8.45. The van der Waals surface area contributed by atoms with Crippen LogP contribution in [0.2, 0.25) is 0 Å². The first kappa shape index (κ1) is 15.6. The molecule has 1 N–H and O–H groups in total. The summed E-state index contributed by atoms with van der Waals surface area (Å²) in [6.45, 7) is 5.44. The minimum Gasteiger partial charge on any atom is -0.325 e. The molecule has 1 aliphatic heterocycles. The van der Waals surface area contributed by atoms with E-state index in [1.165, 1.54) is 0 Å². The van der Waals surface area contributed by atoms with Crippen molar-refractivity contribution in [1.82, 2.24) is 29.9 Å². The minimum atomic E-state index is -0.116. The Kier molecular flexibility index (Phi) is 3.83. The van der Waals surface area contributed by atoms with Gasteiger partial charge in [0.1, 0.15) is 5.69 Å². The molecule has 25 heavy (non-hydrogen) atoms. The summed E-state index contributed by atoms with van der Waals surface area (Å²) in [7, 11) is 0. The van der Waals surface area contributed by atoms with Crippen LogP contribution in [0.15, 0.2) is 42.6 Å². The number of nitrogens with zero attached hydrogens (tertiary/aromatic N) is 5. The van der Waals surface area contributed by atoms with Gasteiger partial charge in [0.15, 0.2) is 11.6 Å². The fraction of sp³-hybridized carbons (Fsp3) is 0.333. The van der Waals surface area contributed by atoms with Crippen LogP contribution in [0.25, 0.3) is 11.4 Å². The highest BCUT2D eigenvalue weighted by Crippen LogP contribution is 2.33. The van der Waals surface area contributed by atoms with E-state index in [2.05, 4.69) is 29.1 Å². The summed E-state index contributed by atoms with van der Waals surface area (Å²) in [6, 6.07) is 11.5. The maximum absolute atomic E-state index is 12.9. The standard InChI is InChI=1S/C18H20N6O/c1-12(2)15-17-20-16(13-6-4-3-5-7-13)22-24(17)11-10-23(15)18(25)14-8-9-19-21-14/h3-9,12,15H,10-11H2,1-2H3,(H,19,21)/t15-/m0/s1. The van der Waals surface area contributed by atoms with Gasteiger partial charge in [-0.2, -0.15) is 10.2 Å². The molecule has 0 fully saturated rings. The molecule has 128 valence electrons. The molecule has 1 aromatic carbocycles.